The molecule has 1 rings (SSSR count). The zero-order valence-corrected chi connectivity index (χ0v) is 10.2. The fourth-order valence-corrected chi connectivity index (χ4v) is 2.03. The fraction of sp³-hybridized carbons (Fsp3) is 0.417. The number of aryl methyl sites for hydroxylation is 1. The minimum atomic E-state index is -0.836. The average molecular weight is 242 g/mol. The van der Waals surface area contributed by atoms with Crippen LogP contribution in [0.2, 0.25) is 5.02 Å². The number of rotatable bonds is 4. The van der Waals surface area contributed by atoms with Crippen LogP contribution < -0.4 is 5.73 Å². The van der Waals surface area contributed by atoms with E-state index in [-0.39, 0.29) is 12.5 Å². The molecule has 3 nitrogen and oxygen atoms in total. The van der Waals surface area contributed by atoms with Crippen molar-refractivity contribution < 1.29 is 9.90 Å². The first-order chi connectivity index (χ1) is 7.43. The van der Waals surface area contributed by atoms with Gasteiger partial charge in [-0.25, -0.2) is 0 Å². The second-order valence-corrected chi connectivity index (χ2v) is 4.35. The molecule has 0 bridgehead atoms. The van der Waals surface area contributed by atoms with Crippen molar-refractivity contribution in [2.75, 3.05) is 0 Å². The van der Waals surface area contributed by atoms with E-state index < -0.39 is 5.97 Å². The Labute approximate surface area is 100 Å². The van der Waals surface area contributed by atoms with Crippen LogP contribution in [-0.4, -0.2) is 11.1 Å². The summed E-state index contributed by atoms with van der Waals surface area (Å²) in [4.78, 5) is 10.5. The van der Waals surface area contributed by atoms with E-state index in [1.165, 1.54) is 0 Å². The molecule has 4 heteroatoms. The smallest absolute Gasteiger partial charge is 0.303 e. The summed E-state index contributed by atoms with van der Waals surface area (Å²) in [5.41, 5.74) is 8.99. The van der Waals surface area contributed by atoms with Crippen molar-refractivity contribution in [1.82, 2.24) is 0 Å². The summed E-state index contributed by atoms with van der Waals surface area (Å²) in [6, 6.07) is 3.42. The predicted octanol–water partition coefficient (Wildman–Crippen LogP) is 2.82. The van der Waals surface area contributed by atoms with Crippen molar-refractivity contribution in [2.45, 2.75) is 32.7 Å². The topological polar surface area (TPSA) is 63.3 Å². The van der Waals surface area contributed by atoms with Crippen molar-refractivity contribution in [3.63, 3.8) is 0 Å². The summed E-state index contributed by atoms with van der Waals surface area (Å²) < 4.78 is 0. The van der Waals surface area contributed by atoms with Gasteiger partial charge in [-0.1, -0.05) is 17.7 Å². The zero-order valence-electron chi connectivity index (χ0n) is 9.46. The number of nitrogens with two attached hydrogens (primary N) is 1. The van der Waals surface area contributed by atoms with E-state index in [1.54, 1.807) is 6.07 Å². The lowest BCUT2D eigenvalue weighted by atomic mass is 9.95. The van der Waals surface area contributed by atoms with E-state index in [2.05, 4.69) is 0 Å². The maximum absolute atomic E-state index is 10.5. The van der Waals surface area contributed by atoms with Crippen molar-refractivity contribution in [3.05, 3.63) is 33.8 Å². The maximum Gasteiger partial charge on any atom is 0.303 e. The summed E-state index contributed by atoms with van der Waals surface area (Å²) in [7, 11) is 0. The summed E-state index contributed by atoms with van der Waals surface area (Å²) in [6.45, 7) is 3.94. The number of carboxylic acids is 1. The molecule has 88 valence electrons. The van der Waals surface area contributed by atoms with Gasteiger partial charge in [0, 0.05) is 17.5 Å². The van der Waals surface area contributed by atoms with Crippen LogP contribution in [0.5, 0.6) is 0 Å². The fourth-order valence-electron chi connectivity index (χ4n) is 1.68. The molecule has 0 aliphatic carbocycles. The van der Waals surface area contributed by atoms with E-state index in [0.717, 1.165) is 16.7 Å². The van der Waals surface area contributed by atoms with Gasteiger partial charge in [0.2, 0.25) is 0 Å². The number of hydrogen-bond donors (Lipinski definition) is 2. The summed E-state index contributed by atoms with van der Waals surface area (Å²) in [6.07, 6.45) is 0.463. The Kier molecular flexibility index (Phi) is 4.33. The lowest BCUT2D eigenvalue weighted by Crippen LogP contribution is -2.14. The molecule has 1 aromatic rings. The second kappa shape index (κ2) is 5.32. The zero-order chi connectivity index (χ0) is 12.3. The highest BCUT2D eigenvalue weighted by molar-refractivity contribution is 6.31. The SMILES string of the molecule is Cc1ccc(Cl)c(C(N)CCC(=O)O)c1C. The van der Waals surface area contributed by atoms with Gasteiger partial charge in [0.05, 0.1) is 0 Å². The van der Waals surface area contributed by atoms with Crippen LogP contribution in [0.1, 0.15) is 35.6 Å². The van der Waals surface area contributed by atoms with Crippen molar-refractivity contribution in [3.8, 4) is 0 Å². The van der Waals surface area contributed by atoms with Gasteiger partial charge >= 0.3 is 5.97 Å². The van der Waals surface area contributed by atoms with Gasteiger partial charge in [-0.05, 0) is 43.0 Å². The Bertz CT molecular complexity index is 404. The number of carboxylic acid groups (broad SMARTS) is 1. The molecule has 0 aliphatic rings. The lowest BCUT2D eigenvalue weighted by molar-refractivity contribution is -0.137. The van der Waals surface area contributed by atoms with Crippen LogP contribution in [0.25, 0.3) is 0 Å². The van der Waals surface area contributed by atoms with Crippen LogP contribution >= 0.6 is 11.6 Å². The summed E-state index contributed by atoms with van der Waals surface area (Å²) in [5.74, 6) is -0.836. The van der Waals surface area contributed by atoms with Gasteiger partial charge in [0.15, 0.2) is 0 Å². The standard InChI is InChI=1S/C12H16ClNO2/c1-7-3-4-9(13)12(8(7)2)10(14)5-6-11(15)16/h3-4,10H,5-6,14H2,1-2H3,(H,15,16). The molecule has 1 unspecified atom stereocenters. The van der Waals surface area contributed by atoms with Gasteiger partial charge in [-0.3, -0.25) is 4.79 Å². The first kappa shape index (κ1) is 13.0. The van der Waals surface area contributed by atoms with Crippen LogP contribution in [0.3, 0.4) is 0 Å². The number of hydrogen-bond acceptors (Lipinski definition) is 2. The molecule has 1 aromatic carbocycles. The van der Waals surface area contributed by atoms with Gasteiger partial charge in [0.25, 0.3) is 0 Å². The molecular formula is C12H16ClNO2. The summed E-state index contributed by atoms with van der Waals surface area (Å²) >= 11 is 6.08. The normalized spacial score (nSPS) is 12.5. The third-order valence-corrected chi connectivity index (χ3v) is 3.10. The third-order valence-electron chi connectivity index (χ3n) is 2.77. The largest absolute Gasteiger partial charge is 0.481 e. The Morgan fingerprint density at radius 3 is 2.69 bits per heavy atom. The molecule has 0 fully saturated rings. The Hall–Kier alpha value is -1.06. The van der Waals surface area contributed by atoms with Gasteiger partial charge in [-0.15, -0.1) is 0 Å². The highest BCUT2D eigenvalue weighted by Gasteiger charge is 2.15. The molecule has 1 atom stereocenters. The maximum atomic E-state index is 10.5. The number of carbonyl (C=O) groups is 1. The van der Waals surface area contributed by atoms with Crippen LogP contribution in [0, 0.1) is 13.8 Å². The monoisotopic (exact) mass is 241 g/mol. The molecule has 0 spiro atoms. The quantitative estimate of drug-likeness (QED) is 0.852. The van der Waals surface area contributed by atoms with Crippen molar-refractivity contribution >= 4 is 17.6 Å². The van der Waals surface area contributed by atoms with Gasteiger partial charge in [-0.2, -0.15) is 0 Å². The Morgan fingerprint density at radius 2 is 2.12 bits per heavy atom. The molecule has 0 aromatic heterocycles. The van der Waals surface area contributed by atoms with E-state index in [0.29, 0.717) is 11.4 Å². The van der Waals surface area contributed by atoms with E-state index in [1.807, 2.05) is 19.9 Å². The molecule has 0 saturated heterocycles. The Balaban J connectivity index is 2.94. The number of halogens is 1. The van der Waals surface area contributed by atoms with E-state index in [9.17, 15) is 4.79 Å². The molecule has 0 amide bonds. The van der Waals surface area contributed by atoms with E-state index in [4.69, 9.17) is 22.4 Å². The average Bonchev–Trinajstić information content (AvgIpc) is 2.21. The summed E-state index contributed by atoms with van der Waals surface area (Å²) in [5, 5.41) is 9.23. The molecule has 16 heavy (non-hydrogen) atoms. The van der Waals surface area contributed by atoms with Gasteiger partial charge in [0.1, 0.15) is 0 Å². The highest BCUT2D eigenvalue weighted by Crippen LogP contribution is 2.29. The first-order valence-electron chi connectivity index (χ1n) is 5.16. The molecule has 0 heterocycles. The Morgan fingerprint density at radius 1 is 1.50 bits per heavy atom. The molecular weight excluding hydrogens is 226 g/mol. The van der Waals surface area contributed by atoms with Crippen LogP contribution in [-0.2, 0) is 4.79 Å². The minimum Gasteiger partial charge on any atom is -0.481 e. The van der Waals surface area contributed by atoms with E-state index >= 15 is 0 Å². The highest BCUT2D eigenvalue weighted by atomic mass is 35.5. The van der Waals surface area contributed by atoms with Crippen LogP contribution in [0.4, 0.5) is 0 Å². The second-order valence-electron chi connectivity index (χ2n) is 3.94. The predicted molar refractivity (Wildman–Crippen MR) is 64.7 cm³/mol. The van der Waals surface area contributed by atoms with Crippen LogP contribution in [0.15, 0.2) is 12.1 Å². The number of benzene rings is 1. The van der Waals surface area contributed by atoms with Crippen molar-refractivity contribution in [2.24, 2.45) is 5.73 Å². The molecule has 0 saturated carbocycles. The minimum absolute atomic E-state index is 0.0604. The van der Waals surface area contributed by atoms with Gasteiger partial charge < -0.3 is 10.8 Å². The molecule has 0 radical (unpaired) electrons. The third kappa shape index (κ3) is 2.97. The molecule has 3 N–H and O–H groups in total. The first-order valence-corrected chi connectivity index (χ1v) is 5.54. The molecule has 0 aliphatic heterocycles. The lowest BCUT2D eigenvalue weighted by Gasteiger charge is -2.17. The van der Waals surface area contributed by atoms with Crippen molar-refractivity contribution in [1.29, 1.82) is 0 Å². The number of aliphatic carboxylic acids is 1.